The minimum Gasteiger partial charge on any atom is -0.480 e. The molecule has 3 nitrogen and oxygen atoms in total. The SMILES string of the molecule is C#CCOc1ccc(/C=C2\C(=O)Nc3ccccc32)cc1Br. The Morgan fingerprint density at radius 2 is 2.09 bits per heavy atom. The maximum absolute atomic E-state index is 12.1. The molecule has 0 fully saturated rings. The number of anilines is 1. The summed E-state index contributed by atoms with van der Waals surface area (Å²) in [6, 6.07) is 13.2. The zero-order valence-corrected chi connectivity index (χ0v) is 13.2. The van der Waals surface area contributed by atoms with Crippen LogP contribution in [-0.4, -0.2) is 12.5 Å². The zero-order valence-electron chi connectivity index (χ0n) is 11.6. The minimum atomic E-state index is -0.0926. The number of fused-ring (bicyclic) bond motifs is 1. The number of amides is 1. The van der Waals surface area contributed by atoms with Gasteiger partial charge in [0, 0.05) is 16.8 Å². The molecule has 0 bridgehead atoms. The third-order valence-electron chi connectivity index (χ3n) is 3.29. The topological polar surface area (TPSA) is 38.3 Å². The highest BCUT2D eigenvalue weighted by Crippen LogP contribution is 2.34. The maximum Gasteiger partial charge on any atom is 0.256 e. The number of hydrogen-bond donors (Lipinski definition) is 1. The van der Waals surface area contributed by atoms with E-state index < -0.39 is 0 Å². The molecule has 4 heteroatoms. The van der Waals surface area contributed by atoms with Crippen LogP contribution in [0.1, 0.15) is 11.1 Å². The predicted molar refractivity (Wildman–Crippen MR) is 91.4 cm³/mol. The summed E-state index contributed by atoms with van der Waals surface area (Å²) in [6.07, 6.45) is 7.04. The number of hydrogen-bond acceptors (Lipinski definition) is 2. The fraction of sp³-hybridized carbons (Fsp3) is 0.0556. The van der Waals surface area contributed by atoms with E-state index in [1.807, 2.05) is 48.5 Å². The standard InChI is InChI=1S/C18H12BrNO2/c1-2-9-22-17-8-7-12(11-15(17)19)10-14-13-5-3-4-6-16(13)20-18(14)21/h1,3-8,10-11H,9H2,(H,20,21)/b14-10-. The normalized spacial score (nSPS) is 14.4. The summed E-state index contributed by atoms with van der Waals surface area (Å²) in [5, 5.41) is 2.86. The van der Waals surface area contributed by atoms with Gasteiger partial charge in [-0.25, -0.2) is 0 Å². The summed E-state index contributed by atoms with van der Waals surface area (Å²) in [7, 11) is 0. The van der Waals surface area contributed by atoms with Crippen LogP contribution in [0.3, 0.4) is 0 Å². The van der Waals surface area contributed by atoms with Crippen LogP contribution in [0.5, 0.6) is 5.75 Å². The van der Waals surface area contributed by atoms with Crippen LogP contribution >= 0.6 is 15.9 Å². The van der Waals surface area contributed by atoms with Gasteiger partial charge in [0.25, 0.3) is 5.91 Å². The van der Waals surface area contributed by atoms with Gasteiger partial charge < -0.3 is 10.1 Å². The maximum atomic E-state index is 12.1. The first-order valence-corrected chi connectivity index (χ1v) is 7.46. The lowest BCUT2D eigenvalue weighted by molar-refractivity contribution is -0.110. The number of nitrogens with one attached hydrogen (secondary N) is 1. The Balaban J connectivity index is 1.94. The van der Waals surface area contributed by atoms with Crippen LogP contribution < -0.4 is 10.1 Å². The first kappa shape index (κ1) is 14.4. The lowest BCUT2D eigenvalue weighted by Gasteiger charge is -2.06. The molecule has 0 saturated carbocycles. The van der Waals surface area contributed by atoms with Crippen molar-refractivity contribution in [3.05, 3.63) is 58.1 Å². The number of halogens is 1. The Bertz CT molecular complexity index is 818. The molecule has 108 valence electrons. The molecule has 1 aliphatic rings. The van der Waals surface area contributed by atoms with E-state index in [1.165, 1.54) is 0 Å². The van der Waals surface area contributed by atoms with Gasteiger partial charge in [0.1, 0.15) is 12.4 Å². The van der Waals surface area contributed by atoms with Crippen molar-refractivity contribution >= 4 is 39.2 Å². The van der Waals surface area contributed by atoms with E-state index >= 15 is 0 Å². The van der Waals surface area contributed by atoms with E-state index in [-0.39, 0.29) is 12.5 Å². The summed E-state index contributed by atoms with van der Waals surface area (Å²) in [4.78, 5) is 12.1. The van der Waals surface area contributed by atoms with Crippen molar-refractivity contribution in [3.8, 4) is 18.1 Å². The Labute approximate surface area is 137 Å². The average Bonchev–Trinajstić information content (AvgIpc) is 2.83. The molecule has 3 rings (SSSR count). The first-order chi connectivity index (χ1) is 10.7. The van der Waals surface area contributed by atoms with E-state index in [2.05, 4.69) is 27.2 Å². The number of carbonyl (C=O) groups is 1. The van der Waals surface area contributed by atoms with Gasteiger partial charge in [0.2, 0.25) is 0 Å². The van der Waals surface area contributed by atoms with E-state index in [0.29, 0.717) is 11.3 Å². The summed E-state index contributed by atoms with van der Waals surface area (Å²) >= 11 is 3.45. The third kappa shape index (κ3) is 2.76. The van der Waals surface area contributed by atoms with Gasteiger partial charge in [-0.3, -0.25) is 4.79 Å². The Morgan fingerprint density at radius 3 is 2.86 bits per heavy atom. The molecule has 1 heterocycles. The molecule has 2 aromatic carbocycles. The molecule has 1 aliphatic heterocycles. The van der Waals surface area contributed by atoms with Crippen LogP contribution in [0.2, 0.25) is 0 Å². The van der Waals surface area contributed by atoms with Gasteiger partial charge in [0.05, 0.1) is 4.47 Å². The molecular weight excluding hydrogens is 342 g/mol. The fourth-order valence-corrected chi connectivity index (χ4v) is 2.80. The molecule has 1 amide bonds. The molecule has 22 heavy (non-hydrogen) atoms. The second-order valence-corrected chi connectivity index (χ2v) is 5.59. The van der Waals surface area contributed by atoms with E-state index in [0.717, 1.165) is 21.3 Å². The summed E-state index contributed by atoms with van der Waals surface area (Å²) in [5.74, 6) is 3.01. The van der Waals surface area contributed by atoms with Gasteiger partial charge in [-0.15, -0.1) is 6.42 Å². The Kier molecular flexibility index (Phi) is 3.99. The van der Waals surface area contributed by atoms with Gasteiger partial charge in [0.15, 0.2) is 0 Å². The lowest BCUT2D eigenvalue weighted by Crippen LogP contribution is -2.03. The quantitative estimate of drug-likeness (QED) is 0.670. The highest BCUT2D eigenvalue weighted by Gasteiger charge is 2.23. The number of carbonyl (C=O) groups excluding carboxylic acids is 1. The molecular formula is C18H12BrNO2. The minimum absolute atomic E-state index is 0.0926. The highest BCUT2D eigenvalue weighted by molar-refractivity contribution is 9.10. The molecule has 0 unspecified atom stereocenters. The molecule has 1 N–H and O–H groups in total. The largest absolute Gasteiger partial charge is 0.480 e. The molecule has 0 atom stereocenters. The fourth-order valence-electron chi connectivity index (χ4n) is 2.29. The number of para-hydroxylation sites is 1. The van der Waals surface area contributed by atoms with E-state index in [1.54, 1.807) is 0 Å². The van der Waals surface area contributed by atoms with Gasteiger partial charge in [-0.2, -0.15) is 0 Å². The number of benzene rings is 2. The van der Waals surface area contributed by atoms with E-state index in [4.69, 9.17) is 11.2 Å². The van der Waals surface area contributed by atoms with Crippen LogP contribution in [0.25, 0.3) is 11.6 Å². The molecule has 0 aromatic heterocycles. The molecule has 0 spiro atoms. The first-order valence-electron chi connectivity index (χ1n) is 6.67. The Morgan fingerprint density at radius 1 is 1.27 bits per heavy atom. The summed E-state index contributed by atoms with van der Waals surface area (Å²) in [5.41, 5.74) is 3.31. The number of rotatable bonds is 3. The highest BCUT2D eigenvalue weighted by atomic mass is 79.9. The van der Waals surface area contributed by atoms with Crippen molar-refractivity contribution in [1.29, 1.82) is 0 Å². The van der Waals surface area contributed by atoms with Gasteiger partial charge in [-0.05, 0) is 45.8 Å². The number of terminal acetylenes is 1. The van der Waals surface area contributed by atoms with E-state index in [9.17, 15) is 4.79 Å². The summed E-state index contributed by atoms with van der Waals surface area (Å²) in [6.45, 7) is 0.217. The smallest absolute Gasteiger partial charge is 0.256 e. The average molecular weight is 354 g/mol. The second kappa shape index (κ2) is 6.08. The van der Waals surface area contributed by atoms with Crippen molar-refractivity contribution in [1.82, 2.24) is 0 Å². The van der Waals surface area contributed by atoms with Crippen LogP contribution in [-0.2, 0) is 4.79 Å². The van der Waals surface area contributed by atoms with Crippen LogP contribution in [0.15, 0.2) is 46.9 Å². The molecule has 2 aromatic rings. The monoisotopic (exact) mass is 353 g/mol. The van der Waals surface area contributed by atoms with Crippen LogP contribution in [0.4, 0.5) is 5.69 Å². The molecule has 0 saturated heterocycles. The molecule has 0 aliphatic carbocycles. The number of ether oxygens (including phenoxy) is 1. The van der Waals surface area contributed by atoms with Crippen molar-refractivity contribution in [3.63, 3.8) is 0 Å². The summed E-state index contributed by atoms with van der Waals surface area (Å²) < 4.78 is 6.20. The van der Waals surface area contributed by atoms with Gasteiger partial charge in [-0.1, -0.05) is 30.2 Å². The van der Waals surface area contributed by atoms with Crippen molar-refractivity contribution in [2.75, 3.05) is 11.9 Å². The predicted octanol–water partition coefficient (Wildman–Crippen LogP) is 3.95. The van der Waals surface area contributed by atoms with Crippen molar-refractivity contribution in [2.24, 2.45) is 0 Å². The zero-order chi connectivity index (χ0) is 15.5. The van der Waals surface area contributed by atoms with Crippen molar-refractivity contribution in [2.45, 2.75) is 0 Å². The molecule has 0 radical (unpaired) electrons. The second-order valence-electron chi connectivity index (χ2n) is 4.74. The van der Waals surface area contributed by atoms with Crippen LogP contribution in [0, 0.1) is 12.3 Å². The van der Waals surface area contributed by atoms with Crippen molar-refractivity contribution < 1.29 is 9.53 Å². The third-order valence-corrected chi connectivity index (χ3v) is 3.91. The lowest BCUT2D eigenvalue weighted by atomic mass is 10.0. The Hall–Kier alpha value is -2.51. The van der Waals surface area contributed by atoms with Gasteiger partial charge >= 0.3 is 0 Å².